The Morgan fingerprint density at radius 3 is 2.41 bits per heavy atom. The van der Waals surface area contributed by atoms with Crippen LogP contribution in [0, 0.1) is 6.92 Å². The smallest absolute Gasteiger partial charge is 0.487 e. The first-order valence-electron chi connectivity index (χ1n) is 11.0. The Bertz CT molecular complexity index is 1300. The minimum atomic E-state index is -4.81. The first kappa shape index (κ1) is 22.0. The van der Waals surface area contributed by atoms with Crippen LogP contribution in [0.1, 0.15) is 35.7 Å². The molecule has 34 heavy (non-hydrogen) atoms. The van der Waals surface area contributed by atoms with Gasteiger partial charge in [0.15, 0.2) is 5.75 Å². The average molecular weight is 465 g/mol. The number of hydrogen-bond donors (Lipinski definition) is 0. The van der Waals surface area contributed by atoms with Gasteiger partial charge in [-0.2, -0.15) is 0 Å². The van der Waals surface area contributed by atoms with Crippen LogP contribution in [-0.4, -0.2) is 21.4 Å². The monoisotopic (exact) mass is 465 g/mol. The van der Waals surface area contributed by atoms with E-state index in [9.17, 15) is 13.2 Å². The average Bonchev–Trinajstić information content (AvgIpc) is 3.57. The first-order valence-corrected chi connectivity index (χ1v) is 11.0. The van der Waals surface area contributed by atoms with E-state index in [1.165, 1.54) is 22.9 Å². The van der Waals surface area contributed by atoms with Crippen molar-refractivity contribution >= 4 is 0 Å². The fourth-order valence-electron chi connectivity index (χ4n) is 3.98. The highest BCUT2D eigenvalue weighted by Crippen LogP contribution is 2.42. The highest BCUT2D eigenvalue weighted by molar-refractivity contribution is 5.68. The van der Waals surface area contributed by atoms with Gasteiger partial charge in [0.1, 0.15) is 23.7 Å². The van der Waals surface area contributed by atoms with Gasteiger partial charge in [0.2, 0.25) is 0 Å². The molecule has 0 bridgehead atoms. The van der Waals surface area contributed by atoms with Gasteiger partial charge in [-0.3, -0.25) is 0 Å². The standard InChI is InChI=1S/C26H22F3N3O2/c1-17-15-20(13-14-21(17)18-7-3-2-4-8-18)33-16-23-25(19-11-12-19)30-31-32(23)22-9-5-6-10-24(22)34-26(27,28)29/h2-10,13-15,19H,11-12,16H2,1H3. The molecule has 8 heteroatoms. The van der Waals surface area contributed by atoms with E-state index in [1.807, 2.05) is 43.3 Å². The second-order valence-corrected chi connectivity index (χ2v) is 8.25. The molecular formula is C26H22F3N3O2. The van der Waals surface area contributed by atoms with E-state index in [-0.39, 0.29) is 24.0 Å². The zero-order valence-corrected chi connectivity index (χ0v) is 18.4. The Morgan fingerprint density at radius 1 is 0.971 bits per heavy atom. The van der Waals surface area contributed by atoms with Gasteiger partial charge in [-0.1, -0.05) is 53.7 Å². The topological polar surface area (TPSA) is 49.2 Å². The van der Waals surface area contributed by atoms with E-state index < -0.39 is 6.36 Å². The highest BCUT2D eigenvalue weighted by atomic mass is 19.4. The third kappa shape index (κ3) is 4.76. The maximum absolute atomic E-state index is 13.0. The van der Waals surface area contributed by atoms with Gasteiger partial charge < -0.3 is 9.47 Å². The van der Waals surface area contributed by atoms with Crippen molar-refractivity contribution < 1.29 is 22.6 Å². The molecule has 1 aliphatic carbocycles. The van der Waals surface area contributed by atoms with E-state index in [1.54, 1.807) is 6.07 Å². The summed E-state index contributed by atoms with van der Waals surface area (Å²) in [4.78, 5) is 0. The molecule has 0 amide bonds. The fourth-order valence-corrected chi connectivity index (χ4v) is 3.98. The number of alkyl halides is 3. The lowest BCUT2D eigenvalue weighted by molar-refractivity contribution is -0.274. The van der Waals surface area contributed by atoms with Crippen LogP contribution in [0.2, 0.25) is 0 Å². The molecule has 0 saturated heterocycles. The predicted octanol–water partition coefficient (Wildman–Crippen LogP) is 6.60. The lowest BCUT2D eigenvalue weighted by atomic mass is 10.0. The number of aromatic nitrogens is 3. The summed E-state index contributed by atoms with van der Waals surface area (Å²) >= 11 is 0. The Labute approximate surface area is 194 Å². The van der Waals surface area contributed by atoms with Crippen LogP contribution >= 0.6 is 0 Å². The van der Waals surface area contributed by atoms with Crippen LogP contribution in [0.4, 0.5) is 13.2 Å². The van der Waals surface area contributed by atoms with Crippen LogP contribution < -0.4 is 9.47 Å². The number of benzene rings is 3. The summed E-state index contributed by atoms with van der Waals surface area (Å²) in [7, 11) is 0. The maximum Gasteiger partial charge on any atom is 0.573 e. The minimum Gasteiger partial charge on any atom is -0.487 e. The van der Waals surface area contributed by atoms with Crippen molar-refractivity contribution in [2.24, 2.45) is 0 Å². The first-order chi connectivity index (χ1) is 16.4. The van der Waals surface area contributed by atoms with Gasteiger partial charge in [0, 0.05) is 5.92 Å². The SMILES string of the molecule is Cc1cc(OCc2c(C3CC3)nnn2-c2ccccc2OC(F)(F)F)ccc1-c1ccccc1. The normalized spacial score (nSPS) is 13.6. The quantitative estimate of drug-likeness (QED) is 0.309. The van der Waals surface area contributed by atoms with Crippen molar-refractivity contribution in [3.05, 3.63) is 89.7 Å². The molecule has 0 atom stereocenters. The molecule has 0 aliphatic heterocycles. The molecule has 1 saturated carbocycles. The summed E-state index contributed by atoms with van der Waals surface area (Å²) in [6.45, 7) is 2.13. The molecule has 1 fully saturated rings. The summed E-state index contributed by atoms with van der Waals surface area (Å²) < 4.78 is 50.6. The molecule has 0 unspecified atom stereocenters. The van der Waals surface area contributed by atoms with E-state index in [4.69, 9.17) is 4.74 Å². The zero-order valence-electron chi connectivity index (χ0n) is 18.4. The summed E-state index contributed by atoms with van der Waals surface area (Å²) in [5.74, 6) is 0.559. The maximum atomic E-state index is 13.0. The van der Waals surface area contributed by atoms with Crippen molar-refractivity contribution in [3.8, 4) is 28.3 Å². The van der Waals surface area contributed by atoms with Crippen molar-refractivity contribution in [1.82, 2.24) is 15.0 Å². The minimum absolute atomic E-state index is 0.114. The van der Waals surface area contributed by atoms with Gasteiger partial charge >= 0.3 is 6.36 Å². The highest BCUT2D eigenvalue weighted by Gasteiger charge is 2.34. The third-order valence-corrected chi connectivity index (χ3v) is 5.73. The third-order valence-electron chi connectivity index (χ3n) is 5.73. The van der Waals surface area contributed by atoms with Crippen molar-refractivity contribution in [2.45, 2.75) is 38.7 Å². The number of nitrogens with zero attached hydrogens (tertiary/aromatic N) is 3. The molecule has 0 spiro atoms. The Morgan fingerprint density at radius 2 is 1.71 bits per heavy atom. The summed E-state index contributed by atoms with van der Waals surface area (Å²) in [5, 5.41) is 8.43. The van der Waals surface area contributed by atoms with Crippen LogP contribution in [-0.2, 0) is 6.61 Å². The van der Waals surface area contributed by atoms with Crippen molar-refractivity contribution in [3.63, 3.8) is 0 Å². The van der Waals surface area contributed by atoms with E-state index in [0.29, 0.717) is 11.4 Å². The van der Waals surface area contributed by atoms with Crippen LogP contribution in [0.15, 0.2) is 72.8 Å². The number of para-hydroxylation sites is 2. The second kappa shape index (κ2) is 8.85. The summed E-state index contributed by atoms with van der Waals surface area (Å²) in [6.07, 6.45) is -2.88. The Balaban J connectivity index is 1.43. The second-order valence-electron chi connectivity index (χ2n) is 8.25. The Hall–Kier alpha value is -3.81. The van der Waals surface area contributed by atoms with Crippen LogP contribution in [0.5, 0.6) is 11.5 Å². The number of ether oxygens (including phenoxy) is 2. The largest absolute Gasteiger partial charge is 0.573 e. The molecule has 4 aromatic rings. The number of rotatable bonds is 7. The van der Waals surface area contributed by atoms with Gasteiger partial charge in [-0.25, -0.2) is 4.68 Å². The molecule has 174 valence electrons. The van der Waals surface area contributed by atoms with E-state index in [2.05, 4.69) is 27.2 Å². The van der Waals surface area contributed by atoms with Gasteiger partial charge in [-0.15, -0.1) is 18.3 Å². The summed E-state index contributed by atoms with van der Waals surface area (Å²) in [5.41, 5.74) is 4.81. The van der Waals surface area contributed by atoms with E-state index >= 15 is 0 Å². The van der Waals surface area contributed by atoms with Gasteiger partial charge in [0.25, 0.3) is 0 Å². The lowest BCUT2D eigenvalue weighted by Crippen LogP contribution is -2.19. The van der Waals surface area contributed by atoms with Crippen LogP contribution in [0.25, 0.3) is 16.8 Å². The molecule has 1 aromatic heterocycles. The van der Waals surface area contributed by atoms with E-state index in [0.717, 1.165) is 35.2 Å². The van der Waals surface area contributed by atoms with Crippen molar-refractivity contribution in [1.29, 1.82) is 0 Å². The molecule has 0 N–H and O–H groups in total. The molecular weight excluding hydrogens is 443 g/mol. The number of halogens is 3. The molecule has 1 aliphatic rings. The number of hydrogen-bond acceptors (Lipinski definition) is 4. The molecule has 3 aromatic carbocycles. The van der Waals surface area contributed by atoms with Gasteiger partial charge in [0.05, 0.1) is 5.69 Å². The molecule has 1 heterocycles. The molecule has 5 nitrogen and oxygen atoms in total. The number of aryl methyl sites for hydroxylation is 1. The lowest BCUT2D eigenvalue weighted by Gasteiger charge is -2.15. The Kier molecular flexibility index (Phi) is 5.73. The van der Waals surface area contributed by atoms with Crippen molar-refractivity contribution in [2.75, 3.05) is 0 Å². The fraction of sp³-hybridized carbons (Fsp3) is 0.231. The van der Waals surface area contributed by atoms with Crippen LogP contribution in [0.3, 0.4) is 0 Å². The predicted molar refractivity (Wildman–Crippen MR) is 121 cm³/mol. The zero-order chi connectivity index (χ0) is 23.7. The summed E-state index contributed by atoms with van der Waals surface area (Å²) in [6, 6.07) is 21.8. The van der Waals surface area contributed by atoms with Gasteiger partial charge in [-0.05, 0) is 60.7 Å². The molecule has 0 radical (unpaired) electrons. The molecule has 5 rings (SSSR count).